The van der Waals surface area contributed by atoms with E-state index in [1.165, 1.54) is 0 Å². The molecule has 2 N–H and O–H groups in total. The summed E-state index contributed by atoms with van der Waals surface area (Å²) >= 11 is 1.87. The number of carbonyl (C=O) groups excluding carboxylic acids is 2. The van der Waals surface area contributed by atoms with Crippen molar-refractivity contribution in [1.29, 1.82) is 0 Å². The van der Waals surface area contributed by atoms with Gasteiger partial charge < -0.3 is 20.3 Å². The van der Waals surface area contributed by atoms with Crippen LogP contribution in [-0.2, 0) is 9.53 Å². The highest BCUT2D eigenvalue weighted by Gasteiger charge is 2.20. The van der Waals surface area contributed by atoms with Gasteiger partial charge in [0, 0.05) is 54.9 Å². The molecular weight excluding hydrogens is 326 g/mol. The van der Waals surface area contributed by atoms with Crippen LogP contribution in [0.15, 0.2) is 24.3 Å². The van der Waals surface area contributed by atoms with Crippen LogP contribution in [0.2, 0.25) is 0 Å². The fourth-order valence-electron chi connectivity index (χ4n) is 2.87. The standard InChI is InChI=1S/C17H23N3O3S/c21-16(11-15-12-23-7-4-18-15)19-14-3-1-2-13(10-14)17(22)20-5-8-24-9-6-20/h1-3,10,15,18H,4-9,11-12H2,(H,19,21). The summed E-state index contributed by atoms with van der Waals surface area (Å²) < 4.78 is 5.36. The smallest absolute Gasteiger partial charge is 0.253 e. The Morgan fingerprint density at radius 3 is 2.92 bits per heavy atom. The van der Waals surface area contributed by atoms with Gasteiger partial charge in [-0.15, -0.1) is 0 Å². The molecule has 0 aromatic heterocycles. The molecule has 2 amide bonds. The number of nitrogens with one attached hydrogen (secondary N) is 2. The first-order valence-corrected chi connectivity index (χ1v) is 9.46. The van der Waals surface area contributed by atoms with E-state index in [0.717, 1.165) is 31.1 Å². The van der Waals surface area contributed by atoms with Crippen LogP contribution >= 0.6 is 11.8 Å². The van der Waals surface area contributed by atoms with Crippen molar-refractivity contribution in [3.63, 3.8) is 0 Å². The summed E-state index contributed by atoms with van der Waals surface area (Å²) in [6.07, 6.45) is 0.363. The number of rotatable bonds is 4. The quantitative estimate of drug-likeness (QED) is 0.855. The number of thioether (sulfide) groups is 1. The molecule has 24 heavy (non-hydrogen) atoms. The highest BCUT2D eigenvalue weighted by molar-refractivity contribution is 7.99. The molecule has 2 fully saturated rings. The molecule has 1 aromatic carbocycles. The number of nitrogens with zero attached hydrogens (tertiary/aromatic N) is 1. The number of carbonyl (C=O) groups is 2. The van der Waals surface area contributed by atoms with E-state index in [1.54, 1.807) is 12.1 Å². The largest absolute Gasteiger partial charge is 0.378 e. The van der Waals surface area contributed by atoms with Crippen molar-refractivity contribution in [2.45, 2.75) is 12.5 Å². The monoisotopic (exact) mass is 349 g/mol. The summed E-state index contributed by atoms with van der Waals surface area (Å²) in [4.78, 5) is 26.6. The lowest BCUT2D eigenvalue weighted by molar-refractivity contribution is -0.117. The second-order valence-corrected chi connectivity index (χ2v) is 7.19. The lowest BCUT2D eigenvalue weighted by Gasteiger charge is -2.26. The molecule has 2 aliphatic rings. The topological polar surface area (TPSA) is 70.7 Å². The molecule has 0 radical (unpaired) electrons. The van der Waals surface area contributed by atoms with Gasteiger partial charge in [-0.3, -0.25) is 9.59 Å². The molecule has 0 saturated carbocycles. The average Bonchev–Trinajstić information content (AvgIpc) is 2.63. The highest BCUT2D eigenvalue weighted by Crippen LogP contribution is 2.16. The van der Waals surface area contributed by atoms with Gasteiger partial charge in [0.2, 0.25) is 5.91 Å². The Bertz CT molecular complexity index is 584. The van der Waals surface area contributed by atoms with E-state index < -0.39 is 0 Å². The lowest BCUT2D eigenvalue weighted by atomic mass is 10.1. The molecule has 0 aliphatic carbocycles. The van der Waals surface area contributed by atoms with Gasteiger partial charge in [0.25, 0.3) is 5.91 Å². The normalized spacial score (nSPS) is 21.3. The molecule has 0 spiro atoms. The van der Waals surface area contributed by atoms with Crippen LogP contribution in [0.5, 0.6) is 0 Å². The van der Waals surface area contributed by atoms with Crippen LogP contribution in [0, 0.1) is 0 Å². The van der Waals surface area contributed by atoms with Gasteiger partial charge in [0.15, 0.2) is 0 Å². The molecule has 2 saturated heterocycles. The SMILES string of the molecule is O=C(CC1COCCN1)Nc1cccc(C(=O)N2CCSCC2)c1. The van der Waals surface area contributed by atoms with E-state index in [-0.39, 0.29) is 17.9 Å². The average molecular weight is 349 g/mol. The fourth-order valence-corrected chi connectivity index (χ4v) is 3.77. The van der Waals surface area contributed by atoms with Crippen molar-refractivity contribution in [2.75, 3.05) is 49.7 Å². The number of morpholine rings is 1. The molecule has 1 atom stereocenters. The zero-order chi connectivity index (χ0) is 16.8. The van der Waals surface area contributed by atoms with Crippen molar-refractivity contribution in [3.05, 3.63) is 29.8 Å². The Labute approximate surface area is 146 Å². The van der Waals surface area contributed by atoms with Gasteiger partial charge in [0.1, 0.15) is 0 Å². The first-order chi connectivity index (χ1) is 11.7. The Morgan fingerprint density at radius 2 is 2.17 bits per heavy atom. The molecule has 6 nitrogen and oxygen atoms in total. The molecule has 1 unspecified atom stereocenters. The zero-order valence-corrected chi connectivity index (χ0v) is 14.4. The van der Waals surface area contributed by atoms with Gasteiger partial charge in [0.05, 0.1) is 13.2 Å². The number of anilines is 1. The van der Waals surface area contributed by atoms with E-state index in [2.05, 4.69) is 10.6 Å². The van der Waals surface area contributed by atoms with Gasteiger partial charge >= 0.3 is 0 Å². The maximum atomic E-state index is 12.5. The third-order valence-corrected chi connectivity index (χ3v) is 5.06. The van der Waals surface area contributed by atoms with Gasteiger partial charge in [-0.1, -0.05) is 6.07 Å². The van der Waals surface area contributed by atoms with E-state index in [4.69, 9.17) is 4.74 Å². The lowest BCUT2D eigenvalue weighted by Crippen LogP contribution is -2.43. The summed E-state index contributed by atoms with van der Waals surface area (Å²) in [5.74, 6) is 1.93. The zero-order valence-electron chi connectivity index (χ0n) is 13.6. The van der Waals surface area contributed by atoms with Crippen LogP contribution in [0.3, 0.4) is 0 Å². The fraction of sp³-hybridized carbons (Fsp3) is 0.529. The molecular formula is C17H23N3O3S. The van der Waals surface area contributed by atoms with Gasteiger partial charge in [-0.05, 0) is 18.2 Å². The van der Waals surface area contributed by atoms with Crippen LogP contribution in [-0.4, -0.2) is 67.1 Å². The number of hydrogen-bond donors (Lipinski definition) is 2. The minimum Gasteiger partial charge on any atom is -0.378 e. The van der Waals surface area contributed by atoms with Crippen molar-refractivity contribution >= 4 is 29.3 Å². The predicted molar refractivity (Wildman–Crippen MR) is 95.5 cm³/mol. The van der Waals surface area contributed by atoms with Crippen LogP contribution in [0.4, 0.5) is 5.69 Å². The van der Waals surface area contributed by atoms with Crippen molar-refractivity contribution in [3.8, 4) is 0 Å². The number of hydrogen-bond acceptors (Lipinski definition) is 5. The maximum absolute atomic E-state index is 12.5. The summed E-state index contributed by atoms with van der Waals surface area (Å²) in [7, 11) is 0. The first-order valence-electron chi connectivity index (χ1n) is 8.30. The van der Waals surface area contributed by atoms with Crippen LogP contribution < -0.4 is 10.6 Å². The van der Waals surface area contributed by atoms with Crippen molar-refractivity contribution in [1.82, 2.24) is 10.2 Å². The summed E-state index contributed by atoms with van der Waals surface area (Å²) in [5, 5.41) is 6.14. The predicted octanol–water partition coefficient (Wildman–Crippen LogP) is 1.19. The van der Waals surface area contributed by atoms with E-state index in [9.17, 15) is 9.59 Å². The first kappa shape index (κ1) is 17.3. The van der Waals surface area contributed by atoms with E-state index in [1.807, 2.05) is 28.8 Å². The molecule has 2 aliphatic heterocycles. The molecule has 2 heterocycles. The van der Waals surface area contributed by atoms with Crippen LogP contribution in [0.1, 0.15) is 16.8 Å². The number of benzene rings is 1. The van der Waals surface area contributed by atoms with E-state index in [0.29, 0.717) is 30.9 Å². The highest BCUT2D eigenvalue weighted by atomic mass is 32.2. The van der Waals surface area contributed by atoms with Gasteiger partial charge in [-0.2, -0.15) is 11.8 Å². The molecule has 3 rings (SSSR count). The molecule has 1 aromatic rings. The number of amides is 2. The molecule has 7 heteroatoms. The summed E-state index contributed by atoms with van der Waals surface area (Å²) in [5.41, 5.74) is 1.28. The number of ether oxygens (including phenoxy) is 1. The van der Waals surface area contributed by atoms with E-state index >= 15 is 0 Å². The molecule has 0 bridgehead atoms. The third-order valence-electron chi connectivity index (χ3n) is 4.12. The maximum Gasteiger partial charge on any atom is 0.253 e. The summed E-state index contributed by atoms with van der Waals surface area (Å²) in [6, 6.07) is 7.23. The van der Waals surface area contributed by atoms with Crippen molar-refractivity contribution in [2.24, 2.45) is 0 Å². The Kier molecular flexibility index (Phi) is 6.12. The minimum atomic E-state index is -0.0722. The minimum absolute atomic E-state index is 0.0359. The third kappa shape index (κ3) is 4.72. The molecule has 130 valence electrons. The Morgan fingerprint density at radius 1 is 1.33 bits per heavy atom. The van der Waals surface area contributed by atoms with Crippen LogP contribution in [0.25, 0.3) is 0 Å². The second kappa shape index (κ2) is 8.50. The van der Waals surface area contributed by atoms with Gasteiger partial charge in [-0.25, -0.2) is 0 Å². The van der Waals surface area contributed by atoms with Crippen molar-refractivity contribution < 1.29 is 14.3 Å². The Hall–Kier alpha value is -1.57. The Balaban J connectivity index is 1.57. The summed E-state index contributed by atoms with van der Waals surface area (Å²) in [6.45, 7) is 3.59. The second-order valence-electron chi connectivity index (χ2n) is 5.96.